The molecule has 0 aliphatic heterocycles. The van der Waals surface area contributed by atoms with E-state index in [0.717, 1.165) is 11.3 Å². The summed E-state index contributed by atoms with van der Waals surface area (Å²) in [4.78, 5) is 17.2. The number of pyridine rings is 1. The van der Waals surface area contributed by atoms with Gasteiger partial charge in [-0.15, -0.1) is 0 Å². The van der Waals surface area contributed by atoms with Gasteiger partial charge >= 0.3 is 0 Å². The van der Waals surface area contributed by atoms with Gasteiger partial charge in [-0.2, -0.15) is 10.2 Å². The van der Waals surface area contributed by atoms with Crippen LogP contribution in [0.15, 0.2) is 79.5 Å². The van der Waals surface area contributed by atoms with Crippen LogP contribution >= 0.6 is 0 Å². The van der Waals surface area contributed by atoms with Gasteiger partial charge in [0.05, 0.1) is 17.8 Å². The van der Waals surface area contributed by atoms with Gasteiger partial charge in [0.15, 0.2) is 0 Å². The van der Waals surface area contributed by atoms with Gasteiger partial charge in [-0.25, -0.2) is 4.68 Å². The summed E-state index contributed by atoms with van der Waals surface area (Å²) in [5.74, 6) is -0.180. The average molecular weight is 372 g/mol. The van der Waals surface area contributed by atoms with E-state index in [4.69, 9.17) is 0 Å². The molecule has 0 unspecified atom stereocenters. The second-order valence-electron chi connectivity index (χ2n) is 6.52. The fraction of sp³-hybridized carbons (Fsp3) is 0.143. The van der Waals surface area contributed by atoms with Gasteiger partial charge in [-0.1, -0.05) is 18.2 Å². The largest absolute Gasteiger partial charge is 0.348 e. The summed E-state index contributed by atoms with van der Waals surface area (Å²) in [7, 11) is 0. The molecule has 3 aromatic heterocycles. The van der Waals surface area contributed by atoms with Crippen molar-refractivity contribution in [2.75, 3.05) is 0 Å². The number of para-hydroxylation sites is 1. The Bertz CT molecular complexity index is 1040. The Morgan fingerprint density at radius 1 is 1.11 bits per heavy atom. The molecule has 4 rings (SSSR count). The fourth-order valence-electron chi connectivity index (χ4n) is 3.01. The van der Waals surface area contributed by atoms with Crippen molar-refractivity contribution in [2.24, 2.45) is 0 Å². The molecule has 0 aliphatic rings. The minimum atomic E-state index is -0.180. The van der Waals surface area contributed by atoms with Crippen LogP contribution in [0.25, 0.3) is 16.9 Å². The molecule has 4 aromatic rings. The molecule has 28 heavy (non-hydrogen) atoms. The maximum Gasteiger partial charge on any atom is 0.255 e. The first-order valence-electron chi connectivity index (χ1n) is 9.04. The Balaban J connectivity index is 1.64. The van der Waals surface area contributed by atoms with E-state index in [-0.39, 0.29) is 11.9 Å². The van der Waals surface area contributed by atoms with Crippen LogP contribution in [0.4, 0.5) is 0 Å². The summed E-state index contributed by atoms with van der Waals surface area (Å²) >= 11 is 0. The Hall–Kier alpha value is -3.74. The third-order valence-electron chi connectivity index (χ3n) is 4.31. The van der Waals surface area contributed by atoms with Gasteiger partial charge in [0, 0.05) is 42.6 Å². The molecule has 0 saturated carbocycles. The van der Waals surface area contributed by atoms with E-state index in [1.165, 1.54) is 0 Å². The van der Waals surface area contributed by atoms with Crippen molar-refractivity contribution in [3.63, 3.8) is 0 Å². The van der Waals surface area contributed by atoms with Crippen LogP contribution in [0, 0.1) is 0 Å². The lowest BCUT2D eigenvalue weighted by atomic mass is 10.1. The van der Waals surface area contributed by atoms with Crippen molar-refractivity contribution in [1.29, 1.82) is 0 Å². The molecule has 0 fully saturated rings. The quantitative estimate of drug-likeness (QED) is 0.564. The minimum Gasteiger partial charge on any atom is -0.348 e. The van der Waals surface area contributed by atoms with E-state index in [2.05, 4.69) is 20.5 Å². The Kier molecular flexibility index (Phi) is 4.97. The zero-order chi connectivity index (χ0) is 19.3. The highest BCUT2D eigenvalue weighted by Gasteiger charge is 2.20. The molecule has 0 aliphatic carbocycles. The average Bonchev–Trinajstić information content (AvgIpc) is 3.39. The lowest BCUT2D eigenvalue weighted by Gasteiger charge is -2.13. The molecule has 3 heterocycles. The van der Waals surface area contributed by atoms with Crippen molar-refractivity contribution in [1.82, 2.24) is 29.9 Å². The lowest BCUT2D eigenvalue weighted by molar-refractivity contribution is 0.0936. The highest BCUT2D eigenvalue weighted by atomic mass is 16.1. The molecule has 0 spiro atoms. The van der Waals surface area contributed by atoms with E-state index in [9.17, 15) is 4.79 Å². The molecule has 1 amide bonds. The minimum absolute atomic E-state index is 0.0887. The maximum absolute atomic E-state index is 13.0. The summed E-state index contributed by atoms with van der Waals surface area (Å²) in [6, 6.07) is 15.2. The van der Waals surface area contributed by atoms with Gasteiger partial charge in [-0.05, 0) is 37.3 Å². The molecule has 0 radical (unpaired) electrons. The number of hydrogen-bond donors (Lipinski definition) is 1. The Labute approximate surface area is 162 Å². The first-order chi connectivity index (χ1) is 13.7. The number of carbonyl (C=O) groups excluding carboxylic acids is 1. The second-order valence-corrected chi connectivity index (χ2v) is 6.52. The van der Waals surface area contributed by atoms with Crippen LogP contribution in [-0.4, -0.2) is 36.5 Å². The second kappa shape index (κ2) is 7.87. The molecule has 7 heteroatoms. The summed E-state index contributed by atoms with van der Waals surface area (Å²) in [5, 5.41) is 11.9. The highest BCUT2D eigenvalue weighted by molar-refractivity contribution is 6.00. The lowest BCUT2D eigenvalue weighted by Crippen LogP contribution is -2.35. The number of benzene rings is 1. The van der Waals surface area contributed by atoms with E-state index >= 15 is 0 Å². The van der Waals surface area contributed by atoms with E-state index in [1.807, 2.05) is 61.7 Å². The molecular weight excluding hydrogens is 352 g/mol. The van der Waals surface area contributed by atoms with Crippen LogP contribution < -0.4 is 5.32 Å². The molecule has 0 bridgehead atoms. The smallest absolute Gasteiger partial charge is 0.255 e. The molecule has 140 valence electrons. The predicted molar refractivity (Wildman–Crippen MR) is 106 cm³/mol. The number of nitrogens with one attached hydrogen (secondary N) is 1. The monoisotopic (exact) mass is 372 g/mol. The van der Waals surface area contributed by atoms with Crippen molar-refractivity contribution >= 4 is 5.91 Å². The first-order valence-corrected chi connectivity index (χ1v) is 9.04. The summed E-state index contributed by atoms with van der Waals surface area (Å²) in [6.07, 6.45) is 8.76. The van der Waals surface area contributed by atoms with Gasteiger partial charge in [0.1, 0.15) is 5.69 Å². The van der Waals surface area contributed by atoms with Crippen molar-refractivity contribution in [3.8, 4) is 16.9 Å². The van der Waals surface area contributed by atoms with Crippen LogP contribution in [0.3, 0.4) is 0 Å². The van der Waals surface area contributed by atoms with Crippen LogP contribution in [0.1, 0.15) is 17.3 Å². The maximum atomic E-state index is 13.0. The number of hydrogen-bond acceptors (Lipinski definition) is 4. The molecule has 7 nitrogen and oxygen atoms in total. The Morgan fingerprint density at radius 2 is 1.96 bits per heavy atom. The Morgan fingerprint density at radius 3 is 2.68 bits per heavy atom. The zero-order valence-corrected chi connectivity index (χ0v) is 15.4. The molecule has 1 N–H and O–H groups in total. The van der Waals surface area contributed by atoms with Crippen LogP contribution in [-0.2, 0) is 6.54 Å². The molecular formula is C21H20N6O. The van der Waals surface area contributed by atoms with Crippen LogP contribution in [0.5, 0.6) is 0 Å². The van der Waals surface area contributed by atoms with Crippen molar-refractivity contribution < 1.29 is 4.79 Å². The third-order valence-corrected chi connectivity index (χ3v) is 4.31. The highest BCUT2D eigenvalue weighted by Crippen LogP contribution is 2.23. The summed E-state index contributed by atoms with van der Waals surface area (Å²) in [6.45, 7) is 2.54. The summed E-state index contributed by atoms with van der Waals surface area (Å²) < 4.78 is 3.51. The van der Waals surface area contributed by atoms with Gasteiger partial charge in [0.25, 0.3) is 5.91 Å². The molecule has 1 atom stereocenters. The first kappa shape index (κ1) is 17.7. The number of carbonyl (C=O) groups is 1. The number of nitrogens with zero attached hydrogens (tertiary/aromatic N) is 5. The fourth-order valence-corrected chi connectivity index (χ4v) is 3.01. The summed E-state index contributed by atoms with van der Waals surface area (Å²) in [5.41, 5.74) is 2.78. The van der Waals surface area contributed by atoms with Gasteiger partial charge < -0.3 is 5.32 Å². The van der Waals surface area contributed by atoms with E-state index in [0.29, 0.717) is 17.8 Å². The van der Waals surface area contributed by atoms with Crippen molar-refractivity contribution in [2.45, 2.75) is 19.5 Å². The zero-order valence-electron chi connectivity index (χ0n) is 15.4. The number of aromatic nitrogens is 5. The third kappa shape index (κ3) is 3.83. The predicted octanol–water partition coefficient (Wildman–Crippen LogP) is 2.95. The van der Waals surface area contributed by atoms with Gasteiger partial charge in [0.2, 0.25) is 0 Å². The van der Waals surface area contributed by atoms with Gasteiger partial charge in [-0.3, -0.25) is 14.5 Å². The number of rotatable bonds is 6. The van der Waals surface area contributed by atoms with Crippen LogP contribution in [0.2, 0.25) is 0 Å². The van der Waals surface area contributed by atoms with E-state index < -0.39 is 0 Å². The standard InChI is InChI=1S/C21H20N6O/c1-16(14-26-12-6-11-23-26)24-21(28)19-15-27(18-8-3-2-4-9-18)25-20(19)17-7-5-10-22-13-17/h2-13,15-16H,14H2,1H3,(H,24,28)/t16-/m0/s1. The topological polar surface area (TPSA) is 77.6 Å². The van der Waals surface area contributed by atoms with E-state index in [1.54, 1.807) is 34.2 Å². The normalized spacial score (nSPS) is 11.9. The SMILES string of the molecule is C[C@@H](Cn1cccn1)NC(=O)c1cn(-c2ccccc2)nc1-c1cccnc1. The number of amides is 1. The molecule has 1 aromatic carbocycles. The van der Waals surface area contributed by atoms with Crippen molar-refractivity contribution in [3.05, 3.63) is 85.1 Å². The molecule has 0 saturated heterocycles.